The smallest absolute Gasteiger partial charge is 0.238 e. The van der Waals surface area contributed by atoms with Gasteiger partial charge in [-0.15, -0.1) is 0 Å². The molecule has 0 unspecified atom stereocenters. The first kappa shape index (κ1) is 32.6. The third kappa shape index (κ3) is 7.07. The second-order valence-corrected chi connectivity index (χ2v) is 12.6. The molecule has 2 aliphatic rings. The minimum absolute atomic E-state index is 0.141. The maximum Gasteiger partial charge on any atom is 0.238 e. The van der Waals surface area contributed by atoms with Crippen molar-refractivity contribution in [2.75, 3.05) is 23.4 Å². The van der Waals surface area contributed by atoms with Crippen molar-refractivity contribution in [1.29, 1.82) is 0 Å². The SMILES string of the molecule is CCC/C(=C\c1cc(Br)ccc1O)CC[C@@H](O)C1=C(CO)C[C@H]2C(=O)N(c3ccc(Nc4ccccc4)cc3)C(=O)[C@H]2[C@H]1CO. The number of allylic oxidation sites excluding steroid dienone is 1. The number of para-hydroxylation sites is 1. The van der Waals surface area contributed by atoms with Gasteiger partial charge in [0, 0.05) is 27.3 Å². The Morgan fingerprint density at radius 2 is 1.71 bits per heavy atom. The van der Waals surface area contributed by atoms with Gasteiger partial charge in [0.2, 0.25) is 11.8 Å². The monoisotopic (exact) mass is 674 g/mol. The van der Waals surface area contributed by atoms with Crippen molar-refractivity contribution in [1.82, 2.24) is 0 Å². The molecule has 2 amide bonds. The number of carbonyl (C=O) groups is 2. The summed E-state index contributed by atoms with van der Waals surface area (Å²) in [5.41, 5.74) is 4.81. The van der Waals surface area contributed by atoms with E-state index < -0.39 is 36.4 Å². The number of nitrogens with zero attached hydrogens (tertiary/aromatic N) is 1. The van der Waals surface area contributed by atoms with Crippen molar-refractivity contribution in [3.63, 3.8) is 0 Å². The first-order chi connectivity index (χ1) is 21.7. The van der Waals surface area contributed by atoms with Gasteiger partial charge in [-0.25, -0.2) is 0 Å². The average Bonchev–Trinajstić information content (AvgIpc) is 3.30. The number of amides is 2. The van der Waals surface area contributed by atoms with E-state index in [2.05, 4.69) is 28.2 Å². The van der Waals surface area contributed by atoms with Gasteiger partial charge in [0.25, 0.3) is 0 Å². The topological polar surface area (TPSA) is 130 Å². The number of carbonyl (C=O) groups excluding carboxylic acids is 2. The summed E-state index contributed by atoms with van der Waals surface area (Å²) in [6, 6.07) is 21.9. The van der Waals surface area contributed by atoms with E-state index in [1.807, 2.05) is 42.5 Å². The molecule has 0 radical (unpaired) electrons. The molecule has 0 saturated carbocycles. The van der Waals surface area contributed by atoms with Crippen LogP contribution in [0, 0.1) is 17.8 Å². The molecule has 8 nitrogen and oxygen atoms in total. The Labute approximate surface area is 271 Å². The Hall–Kier alpha value is -3.76. The van der Waals surface area contributed by atoms with Crippen LogP contribution < -0.4 is 10.2 Å². The van der Waals surface area contributed by atoms with E-state index in [0.29, 0.717) is 35.2 Å². The minimum atomic E-state index is -1.03. The van der Waals surface area contributed by atoms with Gasteiger partial charge in [0.1, 0.15) is 5.75 Å². The maximum absolute atomic E-state index is 13.8. The second kappa shape index (κ2) is 14.6. The molecule has 4 atom stereocenters. The van der Waals surface area contributed by atoms with Gasteiger partial charge in [0.05, 0.1) is 36.8 Å². The molecule has 0 spiro atoms. The van der Waals surface area contributed by atoms with Gasteiger partial charge >= 0.3 is 0 Å². The van der Waals surface area contributed by atoms with Gasteiger partial charge in [0.15, 0.2) is 0 Å². The van der Waals surface area contributed by atoms with Crippen LogP contribution in [0.5, 0.6) is 5.75 Å². The molecule has 5 N–H and O–H groups in total. The highest BCUT2D eigenvalue weighted by molar-refractivity contribution is 9.10. The summed E-state index contributed by atoms with van der Waals surface area (Å²) >= 11 is 3.44. The number of phenols is 1. The number of aromatic hydroxyl groups is 1. The molecule has 1 aliphatic heterocycles. The zero-order valence-corrected chi connectivity index (χ0v) is 26.8. The largest absolute Gasteiger partial charge is 0.507 e. The second-order valence-electron chi connectivity index (χ2n) is 11.7. The van der Waals surface area contributed by atoms with Crippen molar-refractivity contribution in [3.05, 3.63) is 99.6 Å². The summed E-state index contributed by atoms with van der Waals surface area (Å²) in [6.45, 7) is 1.24. The van der Waals surface area contributed by atoms with Crippen LogP contribution >= 0.6 is 15.9 Å². The van der Waals surface area contributed by atoms with Crippen LogP contribution in [0.25, 0.3) is 6.08 Å². The quantitative estimate of drug-likeness (QED) is 0.112. The van der Waals surface area contributed by atoms with E-state index in [1.165, 1.54) is 4.90 Å². The zero-order chi connectivity index (χ0) is 32.1. The molecule has 3 aromatic carbocycles. The van der Waals surface area contributed by atoms with Gasteiger partial charge in [-0.1, -0.05) is 59.1 Å². The molecule has 9 heteroatoms. The van der Waals surface area contributed by atoms with Gasteiger partial charge in [-0.05, 0) is 91.4 Å². The van der Waals surface area contributed by atoms with Crippen molar-refractivity contribution in [3.8, 4) is 5.75 Å². The van der Waals surface area contributed by atoms with E-state index in [0.717, 1.165) is 34.3 Å². The summed E-state index contributed by atoms with van der Waals surface area (Å²) in [7, 11) is 0. The van der Waals surface area contributed by atoms with Crippen LogP contribution in [-0.2, 0) is 9.59 Å². The normalized spacial score (nSPS) is 20.9. The molecule has 1 heterocycles. The number of phenolic OH excluding ortho intramolecular Hbond substituents is 1. The number of benzene rings is 3. The summed E-state index contributed by atoms with van der Waals surface area (Å²) in [5, 5.41) is 46.0. The number of aliphatic hydroxyl groups is 3. The predicted octanol–water partition coefficient (Wildman–Crippen LogP) is 6.33. The van der Waals surface area contributed by atoms with Crippen LogP contribution in [0.15, 0.2) is 94.0 Å². The van der Waals surface area contributed by atoms with Crippen LogP contribution in [0.3, 0.4) is 0 Å². The summed E-state index contributed by atoms with van der Waals surface area (Å²) in [5.74, 6) is -2.99. The van der Waals surface area contributed by atoms with Crippen LogP contribution in [0.4, 0.5) is 17.1 Å². The number of fused-ring (bicyclic) bond motifs is 1. The maximum atomic E-state index is 13.8. The summed E-state index contributed by atoms with van der Waals surface area (Å²) in [4.78, 5) is 28.7. The van der Waals surface area contributed by atoms with E-state index in [-0.39, 0.29) is 24.7 Å². The fourth-order valence-electron chi connectivity index (χ4n) is 6.67. The predicted molar refractivity (Wildman–Crippen MR) is 179 cm³/mol. The molecule has 1 aliphatic carbocycles. The Morgan fingerprint density at radius 1 is 1.00 bits per heavy atom. The fourth-order valence-corrected chi connectivity index (χ4v) is 7.05. The van der Waals surface area contributed by atoms with Crippen LogP contribution in [-0.4, -0.2) is 51.6 Å². The molecule has 0 aromatic heterocycles. The molecule has 1 fully saturated rings. The molecule has 3 aromatic rings. The molecular formula is C36H39BrN2O6. The minimum Gasteiger partial charge on any atom is -0.507 e. The van der Waals surface area contributed by atoms with Gasteiger partial charge in [-0.2, -0.15) is 0 Å². The Balaban J connectivity index is 1.35. The lowest BCUT2D eigenvalue weighted by atomic mass is 9.68. The Morgan fingerprint density at radius 3 is 2.38 bits per heavy atom. The molecule has 45 heavy (non-hydrogen) atoms. The molecule has 0 bridgehead atoms. The van der Waals surface area contributed by atoms with Crippen molar-refractivity contribution in [2.45, 2.75) is 45.1 Å². The number of anilines is 3. The fraction of sp³-hybridized carbons (Fsp3) is 0.333. The first-order valence-corrected chi connectivity index (χ1v) is 16.1. The number of nitrogens with one attached hydrogen (secondary N) is 1. The molecular weight excluding hydrogens is 636 g/mol. The number of halogens is 1. The van der Waals surface area contributed by atoms with Crippen LogP contribution in [0.2, 0.25) is 0 Å². The highest BCUT2D eigenvalue weighted by Crippen LogP contribution is 2.47. The number of imide groups is 1. The van der Waals surface area contributed by atoms with Crippen molar-refractivity contribution in [2.24, 2.45) is 17.8 Å². The van der Waals surface area contributed by atoms with Gasteiger partial charge < -0.3 is 25.7 Å². The average molecular weight is 676 g/mol. The molecule has 236 valence electrons. The standard InChI is InChI=1S/C36H39BrN2O6/c1-2-6-22(17-23-18-25(37)10-16-31(23)42)9-15-32(43)33-24(20-40)19-29-34(30(33)21-41)36(45)39(35(29)44)28-13-11-27(12-14-28)38-26-7-4-3-5-8-26/h3-5,7-8,10-14,16-18,29-30,32,34,38,40-43H,2,6,9,15,19-21H2,1H3/b22-17+/t29-,30+,32-,34-/m1/s1. The lowest BCUT2D eigenvalue weighted by molar-refractivity contribution is -0.123. The van der Waals surface area contributed by atoms with E-state index in [1.54, 1.807) is 36.4 Å². The van der Waals surface area contributed by atoms with E-state index in [4.69, 9.17) is 0 Å². The van der Waals surface area contributed by atoms with E-state index >= 15 is 0 Å². The van der Waals surface area contributed by atoms with Crippen molar-refractivity contribution >= 4 is 50.9 Å². The van der Waals surface area contributed by atoms with Gasteiger partial charge in [-0.3, -0.25) is 14.5 Å². The first-order valence-electron chi connectivity index (χ1n) is 15.3. The third-order valence-electron chi connectivity index (χ3n) is 8.78. The third-order valence-corrected chi connectivity index (χ3v) is 9.27. The molecule has 5 rings (SSSR count). The highest BCUT2D eigenvalue weighted by atomic mass is 79.9. The zero-order valence-electron chi connectivity index (χ0n) is 25.2. The summed E-state index contributed by atoms with van der Waals surface area (Å²) < 4.78 is 0.840. The lowest BCUT2D eigenvalue weighted by Gasteiger charge is -2.36. The highest BCUT2D eigenvalue weighted by Gasteiger charge is 2.55. The van der Waals surface area contributed by atoms with Crippen molar-refractivity contribution < 1.29 is 30.0 Å². The van der Waals surface area contributed by atoms with Crippen LogP contribution in [0.1, 0.15) is 44.6 Å². The molecule has 1 saturated heterocycles. The number of hydrogen-bond acceptors (Lipinski definition) is 7. The van der Waals surface area contributed by atoms with E-state index in [9.17, 15) is 30.0 Å². The number of hydrogen-bond donors (Lipinski definition) is 5. The number of aliphatic hydroxyl groups excluding tert-OH is 3. The number of rotatable bonds is 12. The Kier molecular flexibility index (Phi) is 10.6. The Bertz CT molecular complexity index is 1590. The lowest BCUT2D eigenvalue weighted by Crippen LogP contribution is -2.39. The summed E-state index contributed by atoms with van der Waals surface area (Å²) in [6.07, 6.45) is 3.49.